The van der Waals surface area contributed by atoms with Gasteiger partial charge in [0.1, 0.15) is 0 Å². The number of halogens is 2. The SMILES string of the molecule is CN(CCCC(=O)O)C(=O)Cc1ccc(Cl)c(Cl)c1. The summed E-state index contributed by atoms with van der Waals surface area (Å²) in [5.74, 6) is -0.936. The van der Waals surface area contributed by atoms with Crippen LogP contribution in [0.25, 0.3) is 0 Å². The number of nitrogens with zero attached hydrogens (tertiary/aromatic N) is 1. The molecule has 0 bridgehead atoms. The Hall–Kier alpha value is -1.26. The van der Waals surface area contributed by atoms with Gasteiger partial charge in [-0.25, -0.2) is 0 Å². The number of carboxylic acid groups (broad SMARTS) is 1. The lowest BCUT2D eigenvalue weighted by molar-refractivity contribution is -0.138. The van der Waals surface area contributed by atoms with E-state index in [9.17, 15) is 9.59 Å². The average Bonchev–Trinajstić information content (AvgIpc) is 2.33. The summed E-state index contributed by atoms with van der Waals surface area (Å²) in [6.45, 7) is 0.423. The van der Waals surface area contributed by atoms with Crippen LogP contribution in [0.15, 0.2) is 18.2 Å². The third kappa shape index (κ3) is 5.49. The Morgan fingerprint density at radius 1 is 1.26 bits per heavy atom. The highest BCUT2D eigenvalue weighted by molar-refractivity contribution is 6.42. The van der Waals surface area contributed by atoms with Crippen molar-refractivity contribution in [3.8, 4) is 0 Å². The van der Waals surface area contributed by atoms with Gasteiger partial charge in [-0.3, -0.25) is 9.59 Å². The molecule has 19 heavy (non-hydrogen) atoms. The van der Waals surface area contributed by atoms with Crippen molar-refractivity contribution in [2.75, 3.05) is 13.6 Å². The summed E-state index contributed by atoms with van der Waals surface area (Å²) in [7, 11) is 1.65. The molecule has 0 unspecified atom stereocenters. The van der Waals surface area contributed by atoms with Crippen molar-refractivity contribution in [1.82, 2.24) is 4.90 Å². The molecule has 0 atom stereocenters. The van der Waals surface area contributed by atoms with E-state index < -0.39 is 5.97 Å². The number of carbonyl (C=O) groups is 2. The number of hydrogen-bond donors (Lipinski definition) is 1. The molecule has 1 aromatic rings. The molecule has 0 aromatic heterocycles. The van der Waals surface area contributed by atoms with Crippen LogP contribution in [0.5, 0.6) is 0 Å². The Bertz CT molecular complexity index is 477. The number of amides is 1. The fraction of sp³-hybridized carbons (Fsp3) is 0.385. The largest absolute Gasteiger partial charge is 0.481 e. The standard InChI is InChI=1S/C13H15Cl2NO3/c1-16(6-2-3-13(18)19)12(17)8-9-4-5-10(14)11(15)7-9/h4-5,7H,2-3,6,8H2,1H3,(H,18,19). The van der Waals surface area contributed by atoms with Crippen molar-refractivity contribution in [2.24, 2.45) is 0 Å². The molecule has 104 valence electrons. The van der Waals surface area contributed by atoms with Crippen molar-refractivity contribution >= 4 is 35.1 Å². The maximum absolute atomic E-state index is 11.9. The normalized spacial score (nSPS) is 10.3. The van der Waals surface area contributed by atoms with Crippen LogP contribution in [0.3, 0.4) is 0 Å². The summed E-state index contributed by atoms with van der Waals surface area (Å²) in [6.07, 6.45) is 0.726. The van der Waals surface area contributed by atoms with E-state index >= 15 is 0 Å². The predicted octanol–water partition coefficient (Wildman–Crippen LogP) is 2.86. The number of carboxylic acids is 1. The second kappa shape index (κ2) is 7.36. The zero-order valence-corrected chi connectivity index (χ0v) is 12.0. The molecule has 1 amide bonds. The Labute approximate surface area is 121 Å². The highest BCUT2D eigenvalue weighted by Crippen LogP contribution is 2.22. The van der Waals surface area contributed by atoms with Gasteiger partial charge in [0.2, 0.25) is 5.91 Å². The fourth-order valence-corrected chi connectivity index (χ4v) is 1.87. The number of rotatable bonds is 6. The van der Waals surface area contributed by atoms with Gasteiger partial charge in [-0.1, -0.05) is 29.3 Å². The quantitative estimate of drug-likeness (QED) is 0.879. The van der Waals surface area contributed by atoms with E-state index in [1.807, 2.05) is 0 Å². The van der Waals surface area contributed by atoms with Crippen molar-refractivity contribution in [3.63, 3.8) is 0 Å². The van der Waals surface area contributed by atoms with E-state index in [2.05, 4.69) is 0 Å². The number of likely N-dealkylation sites (N-methyl/N-ethyl adjacent to an activating group) is 1. The smallest absolute Gasteiger partial charge is 0.303 e. The van der Waals surface area contributed by atoms with Crippen LogP contribution < -0.4 is 0 Å². The van der Waals surface area contributed by atoms with Gasteiger partial charge in [-0.2, -0.15) is 0 Å². The molecule has 0 heterocycles. The lowest BCUT2D eigenvalue weighted by Crippen LogP contribution is -2.29. The molecule has 0 saturated heterocycles. The minimum atomic E-state index is -0.856. The third-order valence-electron chi connectivity index (χ3n) is 2.65. The molecule has 0 spiro atoms. The maximum atomic E-state index is 11.9. The molecule has 1 rings (SSSR count). The van der Waals surface area contributed by atoms with Crippen LogP contribution in [0.2, 0.25) is 10.0 Å². The lowest BCUT2D eigenvalue weighted by Gasteiger charge is -2.16. The van der Waals surface area contributed by atoms with Crippen molar-refractivity contribution in [1.29, 1.82) is 0 Å². The predicted molar refractivity (Wildman–Crippen MR) is 74.7 cm³/mol. The molecule has 6 heteroatoms. The monoisotopic (exact) mass is 303 g/mol. The zero-order valence-electron chi connectivity index (χ0n) is 10.5. The molecule has 0 aliphatic heterocycles. The summed E-state index contributed by atoms with van der Waals surface area (Å²) < 4.78 is 0. The summed E-state index contributed by atoms with van der Waals surface area (Å²) in [6, 6.07) is 5.06. The molecule has 1 aromatic carbocycles. The summed E-state index contributed by atoms with van der Waals surface area (Å²) in [4.78, 5) is 23.8. The van der Waals surface area contributed by atoms with E-state index in [1.165, 1.54) is 4.90 Å². The highest BCUT2D eigenvalue weighted by Gasteiger charge is 2.11. The maximum Gasteiger partial charge on any atom is 0.303 e. The second-order valence-electron chi connectivity index (χ2n) is 4.24. The van der Waals surface area contributed by atoms with E-state index in [1.54, 1.807) is 25.2 Å². The Kier molecular flexibility index (Phi) is 6.12. The Morgan fingerprint density at radius 3 is 2.53 bits per heavy atom. The Balaban J connectivity index is 2.49. The minimum absolute atomic E-state index is 0.0599. The molecular weight excluding hydrogens is 289 g/mol. The van der Waals surface area contributed by atoms with E-state index in [0.29, 0.717) is 23.0 Å². The van der Waals surface area contributed by atoms with Gasteiger partial charge in [0, 0.05) is 20.0 Å². The molecule has 0 radical (unpaired) electrons. The topological polar surface area (TPSA) is 57.6 Å². The van der Waals surface area contributed by atoms with E-state index in [0.717, 1.165) is 5.56 Å². The second-order valence-corrected chi connectivity index (χ2v) is 5.05. The van der Waals surface area contributed by atoms with Crippen molar-refractivity contribution in [3.05, 3.63) is 33.8 Å². The van der Waals surface area contributed by atoms with Gasteiger partial charge in [0.05, 0.1) is 16.5 Å². The van der Waals surface area contributed by atoms with Crippen LogP contribution in [0.4, 0.5) is 0 Å². The van der Waals surface area contributed by atoms with Gasteiger partial charge < -0.3 is 10.0 Å². The minimum Gasteiger partial charge on any atom is -0.481 e. The number of aliphatic carboxylic acids is 1. The average molecular weight is 304 g/mol. The first-order valence-electron chi connectivity index (χ1n) is 5.80. The van der Waals surface area contributed by atoms with Gasteiger partial charge >= 0.3 is 5.97 Å². The van der Waals surface area contributed by atoms with Gasteiger partial charge in [-0.05, 0) is 24.1 Å². The van der Waals surface area contributed by atoms with Crippen LogP contribution >= 0.6 is 23.2 Å². The summed E-state index contributed by atoms with van der Waals surface area (Å²) in [5, 5.41) is 9.39. The van der Waals surface area contributed by atoms with Crippen molar-refractivity contribution in [2.45, 2.75) is 19.3 Å². The molecule has 0 saturated carbocycles. The van der Waals surface area contributed by atoms with Crippen LogP contribution in [-0.4, -0.2) is 35.5 Å². The molecule has 0 aliphatic rings. The van der Waals surface area contributed by atoms with Crippen LogP contribution in [0, 0.1) is 0 Å². The highest BCUT2D eigenvalue weighted by atomic mass is 35.5. The number of hydrogen-bond acceptors (Lipinski definition) is 2. The first kappa shape index (κ1) is 15.8. The Morgan fingerprint density at radius 2 is 1.95 bits per heavy atom. The van der Waals surface area contributed by atoms with Crippen LogP contribution in [0.1, 0.15) is 18.4 Å². The molecule has 0 fully saturated rings. The van der Waals surface area contributed by atoms with Gasteiger partial charge in [0.25, 0.3) is 0 Å². The molecule has 0 aliphatic carbocycles. The van der Waals surface area contributed by atoms with E-state index in [-0.39, 0.29) is 18.7 Å². The van der Waals surface area contributed by atoms with E-state index in [4.69, 9.17) is 28.3 Å². The molecule has 4 nitrogen and oxygen atoms in total. The zero-order chi connectivity index (χ0) is 14.4. The number of carbonyl (C=O) groups excluding carboxylic acids is 1. The van der Waals surface area contributed by atoms with Gasteiger partial charge in [-0.15, -0.1) is 0 Å². The van der Waals surface area contributed by atoms with Crippen LogP contribution in [-0.2, 0) is 16.0 Å². The summed E-state index contributed by atoms with van der Waals surface area (Å²) >= 11 is 11.7. The third-order valence-corrected chi connectivity index (χ3v) is 3.39. The van der Waals surface area contributed by atoms with Crippen molar-refractivity contribution < 1.29 is 14.7 Å². The summed E-state index contributed by atoms with van der Waals surface area (Å²) in [5.41, 5.74) is 0.782. The molecular formula is C13H15Cl2NO3. The first-order valence-corrected chi connectivity index (χ1v) is 6.55. The fourth-order valence-electron chi connectivity index (χ4n) is 1.55. The first-order chi connectivity index (χ1) is 8.90. The lowest BCUT2D eigenvalue weighted by atomic mass is 10.1. The number of benzene rings is 1. The van der Waals surface area contributed by atoms with Gasteiger partial charge in [0.15, 0.2) is 0 Å². The molecule has 1 N–H and O–H groups in total.